The summed E-state index contributed by atoms with van der Waals surface area (Å²) in [4.78, 5) is 1.32. The van der Waals surface area contributed by atoms with Gasteiger partial charge in [-0.25, -0.2) is 0 Å². The minimum absolute atomic E-state index is 0.674. The second-order valence-corrected chi connectivity index (χ2v) is 7.35. The van der Waals surface area contributed by atoms with Gasteiger partial charge < -0.3 is 5.32 Å². The van der Waals surface area contributed by atoms with E-state index in [1.807, 2.05) is 29.7 Å². The highest BCUT2D eigenvalue weighted by Gasteiger charge is 2.30. The van der Waals surface area contributed by atoms with Gasteiger partial charge in [-0.2, -0.15) is 5.10 Å². The zero-order chi connectivity index (χ0) is 14.4. The molecule has 0 aliphatic heterocycles. The van der Waals surface area contributed by atoms with Crippen molar-refractivity contribution in [2.45, 2.75) is 68.6 Å². The van der Waals surface area contributed by atoms with Gasteiger partial charge in [0.2, 0.25) is 0 Å². The van der Waals surface area contributed by atoms with Gasteiger partial charge in [0.25, 0.3) is 0 Å². The quantitative estimate of drug-likeness (QED) is 0.828. The van der Waals surface area contributed by atoms with Crippen molar-refractivity contribution < 1.29 is 0 Å². The largest absolute Gasteiger partial charge is 0.313 e. The molecular weight excluding hydrogens is 266 g/mol. The van der Waals surface area contributed by atoms with Gasteiger partial charge in [0.05, 0.1) is 6.20 Å². The molecule has 114 valence electrons. The average Bonchev–Trinajstić information content (AvgIpc) is 2.84. The van der Waals surface area contributed by atoms with Crippen LogP contribution >= 0.6 is 11.8 Å². The van der Waals surface area contributed by atoms with E-state index in [0.717, 1.165) is 12.5 Å². The van der Waals surface area contributed by atoms with Gasteiger partial charge in [0.1, 0.15) is 0 Å². The van der Waals surface area contributed by atoms with E-state index in [9.17, 15) is 0 Å². The highest BCUT2D eigenvalue weighted by atomic mass is 32.2. The Labute approximate surface area is 127 Å². The third-order valence-corrected chi connectivity index (χ3v) is 5.53. The van der Waals surface area contributed by atoms with Crippen molar-refractivity contribution in [1.82, 2.24) is 15.1 Å². The SMILES string of the molecule is CCCNC1CCC(CCC)CC1Sc1cnn(C)c1. The highest BCUT2D eigenvalue weighted by molar-refractivity contribution is 8.00. The molecule has 4 heteroatoms. The third kappa shape index (κ3) is 4.52. The number of thioether (sulfide) groups is 1. The summed E-state index contributed by atoms with van der Waals surface area (Å²) in [5, 5.41) is 8.77. The fourth-order valence-corrected chi connectivity index (χ4v) is 4.65. The van der Waals surface area contributed by atoms with Gasteiger partial charge in [-0.1, -0.05) is 26.7 Å². The lowest BCUT2D eigenvalue weighted by atomic mass is 9.83. The molecule has 2 rings (SSSR count). The minimum Gasteiger partial charge on any atom is -0.313 e. The van der Waals surface area contributed by atoms with Crippen LogP contribution in [-0.2, 0) is 7.05 Å². The number of aryl methyl sites for hydroxylation is 1. The lowest BCUT2D eigenvalue weighted by molar-refractivity contribution is 0.287. The van der Waals surface area contributed by atoms with Crippen LogP contribution in [0.2, 0.25) is 0 Å². The summed E-state index contributed by atoms with van der Waals surface area (Å²) >= 11 is 2.03. The van der Waals surface area contributed by atoms with Gasteiger partial charge in [-0.15, -0.1) is 11.8 Å². The molecule has 1 aromatic heterocycles. The molecular formula is C16H29N3S. The summed E-state index contributed by atoms with van der Waals surface area (Å²) in [5.41, 5.74) is 0. The van der Waals surface area contributed by atoms with Gasteiger partial charge >= 0.3 is 0 Å². The Balaban J connectivity index is 1.96. The van der Waals surface area contributed by atoms with E-state index in [1.165, 1.54) is 43.4 Å². The molecule has 1 aliphatic rings. The molecule has 0 bridgehead atoms. The van der Waals surface area contributed by atoms with Crippen LogP contribution in [0.3, 0.4) is 0 Å². The Bertz CT molecular complexity index is 391. The van der Waals surface area contributed by atoms with E-state index >= 15 is 0 Å². The van der Waals surface area contributed by atoms with Crippen LogP contribution < -0.4 is 5.32 Å². The number of hydrogen-bond acceptors (Lipinski definition) is 3. The summed E-state index contributed by atoms with van der Waals surface area (Å²) in [6.45, 7) is 5.71. The molecule has 0 spiro atoms. The summed E-state index contributed by atoms with van der Waals surface area (Å²) < 4.78 is 1.91. The van der Waals surface area contributed by atoms with E-state index in [2.05, 4.69) is 30.5 Å². The zero-order valence-corrected chi connectivity index (χ0v) is 14.0. The maximum Gasteiger partial charge on any atom is 0.0625 e. The fourth-order valence-electron chi connectivity index (χ4n) is 3.21. The molecule has 1 fully saturated rings. The number of rotatable bonds is 7. The fraction of sp³-hybridized carbons (Fsp3) is 0.812. The molecule has 1 saturated carbocycles. The molecule has 1 aliphatic carbocycles. The molecule has 3 atom stereocenters. The molecule has 1 N–H and O–H groups in total. The second-order valence-electron chi connectivity index (χ2n) is 6.03. The van der Waals surface area contributed by atoms with Crippen LogP contribution in [-0.4, -0.2) is 27.6 Å². The van der Waals surface area contributed by atoms with Gasteiger partial charge in [-0.05, 0) is 38.1 Å². The normalized spacial score (nSPS) is 26.9. The molecule has 3 nitrogen and oxygen atoms in total. The van der Waals surface area contributed by atoms with E-state index < -0.39 is 0 Å². The lowest BCUT2D eigenvalue weighted by Gasteiger charge is -2.36. The van der Waals surface area contributed by atoms with Crippen LogP contribution in [0.1, 0.15) is 52.4 Å². The van der Waals surface area contributed by atoms with Crippen LogP contribution in [0.25, 0.3) is 0 Å². The van der Waals surface area contributed by atoms with Crippen LogP contribution in [0.15, 0.2) is 17.3 Å². The number of nitrogens with zero attached hydrogens (tertiary/aromatic N) is 2. The number of nitrogens with one attached hydrogen (secondary N) is 1. The van der Waals surface area contributed by atoms with Gasteiger partial charge in [-0.3, -0.25) is 4.68 Å². The molecule has 0 saturated heterocycles. The average molecular weight is 295 g/mol. The molecule has 1 heterocycles. The molecule has 1 aromatic rings. The van der Waals surface area contributed by atoms with Crippen LogP contribution in [0.4, 0.5) is 0 Å². The van der Waals surface area contributed by atoms with E-state index in [4.69, 9.17) is 0 Å². The smallest absolute Gasteiger partial charge is 0.0625 e. The number of aromatic nitrogens is 2. The Kier molecular flexibility index (Phi) is 6.43. The second kappa shape index (κ2) is 8.08. The number of hydrogen-bond donors (Lipinski definition) is 1. The van der Waals surface area contributed by atoms with Crippen molar-refractivity contribution in [2.24, 2.45) is 13.0 Å². The van der Waals surface area contributed by atoms with Gasteiger partial charge in [0.15, 0.2) is 0 Å². The molecule has 3 unspecified atom stereocenters. The zero-order valence-electron chi connectivity index (χ0n) is 13.1. The first-order valence-electron chi connectivity index (χ1n) is 8.11. The topological polar surface area (TPSA) is 29.9 Å². The van der Waals surface area contributed by atoms with Crippen molar-refractivity contribution in [2.75, 3.05) is 6.54 Å². The van der Waals surface area contributed by atoms with Crippen LogP contribution in [0, 0.1) is 5.92 Å². The molecule has 0 amide bonds. The third-order valence-electron chi connectivity index (χ3n) is 4.22. The van der Waals surface area contributed by atoms with Crippen molar-refractivity contribution in [3.05, 3.63) is 12.4 Å². The monoisotopic (exact) mass is 295 g/mol. The lowest BCUT2D eigenvalue weighted by Crippen LogP contribution is -2.42. The molecule has 0 aromatic carbocycles. The standard InChI is InChI=1S/C16H29N3S/c1-4-6-13-7-8-15(17-9-5-2)16(10-13)20-14-11-18-19(3)12-14/h11-13,15-17H,4-10H2,1-3H3. The van der Waals surface area contributed by atoms with Crippen LogP contribution in [0.5, 0.6) is 0 Å². The minimum atomic E-state index is 0.674. The van der Waals surface area contributed by atoms with Crippen molar-refractivity contribution >= 4 is 11.8 Å². The first-order chi connectivity index (χ1) is 9.72. The molecule has 20 heavy (non-hydrogen) atoms. The predicted molar refractivity (Wildman–Crippen MR) is 87.2 cm³/mol. The maximum absolute atomic E-state index is 4.30. The Morgan fingerprint density at radius 1 is 1.35 bits per heavy atom. The first kappa shape index (κ1) is 15.9. The van der Waals surface area contributed by atoms with E-state index in [1.54, 1.807) is 0 Å². The Hall–Kier alpha value is -0.480. The van der Waals surface area contributed by atoms with Crippen molar-refractivity contribution in [1.29, 1.82) is 0 Å². The summed E-state index contributed by atoms with van der Waals surface area (Å²) in [6.07, 6.45) is 12.2. The van der Waals surface area contributed by atoms with E-state index in [0.29, 0.717) is 11.3 Å². The van der Waals surface area contributed by atoms with Gasteiger partial charge in [0, 0.05) is 29.4 Å². The summed E-state index contributed by atoms with van der Waals surface area (Å²) in [6, 6.07) is 0.674. The van der Waals surface area contributed by atoms with Crippen molar-refractivity contribution in [3.63, 3.8) is 0 Å². The summed E-state index contributed by atoms with van der Waals surface area (Å²) in [7, 11) is 2.00. The first-order valence-corrected chi connectivity index (χ1v) is 8.99. The molecule has 0 radical (unpaired) electrons. The van der Waals surface area contributed by atoms with E-state index in [-0.39, 0.29) is 0 Å². The maximum atomic E-state index is 4.30. The summed E-state index contributed by atoms with van der Waals surface area (Å²) in [5.74, 6) is 0.925. The Morgan fingerprint density at radius 2 is 2.20 bits per heavy atom. The highest BCUT2D eigenvalue weighted by Crippen LogP contribution is 2.38. The predicted octanol–water partition coefficient (Wildman–Crippen LogP) is 3.85. The Morgan fingerprint density at radius 3 is 2.85 bits per heavy atom. The van der Waals surface area contributed by atoms with Crippen molar-refractivity contribution in [3.8, 4) is 0 Å².